The molecule has 0 aliphatic heterocycles. The average Bonchev–Trinajstić information content (AvgIpc) is 2.70. The SMILES string of the molecule is [CH2][CH]COc1c(Cl)cc(C(C)(C)c2ccc(OCC(CCl)OC(C)=O)cc2)cc1Cl. The highest BCUT2D eigenvalue weighted by atomic mass is 35.5. The number of carbonyl (C=O) groups is 1. The molecule has 0 bridgehead atoms. The predicted octanol–water partition coefficient (Wildman–Crippen LogP) is 6.29. The van der Waals surface area contributed by atoms with Gasteiger partial charge < -0.3 is 14.2 Å². The summed E-state index contributed by atoms with van der Waals surface area (Å²) in [6, 6.07) is 11.4. The van der Waals surface area contributed by atoms with Gasteiger partial charge in [-0.25, -0.2) is 0 Å². The minimum atomic E-state index is -0.494. The van der Waals surface area contributed by atoms with Crippen molar-refractivity contribution in [2.24, 2.45) is 0 Å². The second-order valence-corrected chi connectivity index (χ2v) is 8.34. The Balaban J connectivity index is 2.15. The second-order valence-electron chi connectivity index (χ2n) is 7.21. The lowest BCUT2D eigenvalue weighted by atomic mass is 9.78. The van der Waals surface area contributed by atoms with Crippen LogP contribution in [0.25, 0.3) is 0 Å². The van der Waals surface area contributed by atoms with Crippen LogP contribution < -0.4 is 9.47 Å². The van der Waals surface area contributed by atoms with Gasteiger partial charge in [0.15, 0.2) is 5.75 Å². The maximum Gasteiger partial charge on any atom is 0.303 e. The first-order valence-corrected chi connectivity index (χ1v) is 10.7. The van der Waals surface area contributed by atoms with E-state index in [0.29, 0.717) is 28.2 Å². The number of halogens is 3. The van der Waals surface area contributed by atoms with Gasteiger partial charge in [-0.05, 0) is 48.7 Å². The first-order chi connectivity index (χ1) is 14.2. The van der Waals surface area contributed by atoms with E-state index in [1.807, 2.05) is 36.4 Å². The standard InChI is InChI=1S/C23H25Cl3O4/c1-5-10-28-22-20(25)11-17(12-21(22)26)23(3,4)16-6-8-18(9-7-16)29-14-19(13-24)30-15(2)27/h5-9,11-12,19H,1,10,13-14H2,2-4H3. The molecule has 1 unspecified atom stereocenters. The zero-order chi connectivity index (χ0) is 22.3. The van der Waals surface area contributed by atoms with E-state index in [-0.39, 0.29) is 23.9 Å². The van der Waals surface area contributed by atoms with E-state index < -0.39 is 6.10 Å². The fraction of sp³-hybridized carbons (Fsp3) is 0.348. The van der Waals surface area contributed by atoms with Gasteiger partial charge >= 0.3 is 5.97 Å². The molecule has 1 atom stereocenters. The number of rotatable bonds is 10. The monoisotopic (exact) mass is 470 g/mol. The summed E-state index contributed by atoms with van der Waals surface area (Å²) in [6.45, 7) is 9.64. The van der Waals surface area contributed by atoms with E-state index in [9.17, 15) is 4.79 Å². The van der Waals surface area contributed by atoms with E-state index in [2.05, 4.69) is 20.8 Å². The van der Waals surface area contributed by atoms with E-state index in [4.69, 9.17) is 49.0 Å². The lowest BCUT2D eigenvalue weighted by Gasteiger charge is -2.27. The van der Waals surface area contributed by atoms with Gasteiger partial charge in [0.2, 0.25) is 0 Å². The van der Waals surface area contributed by atoms with E-state index in [1.54, 1.807) is 6.42 Å². The van der Waals surface area contributed by atoms with Gasteiger partial charge in [0.1, 0.15) is 18.5 Å². The Morgan fingerprint density at radius 2 is 1.70 bits per heavy atom. The highest BCUT2D eigenvalue weighted by molar-refractivity contribution is 6.37. The summed E-state index contributed by atoms with van der Waals surface area (Å²) in [7, 11) is 0. The zero-order valence-electron chi connectivity index (χ0n) is 17.2. The van der Waals surface area contributed by atoms with Crippen LogP contribution in [0, 0.1) is 13.3 Å². The van der Waals surface area contributed by atoms with Crippen LogP contribution in [-0.4, -0.2) is 31.2 Å². The third kappa shape index (κ3) is 6.44. The molecular formula is C23H25Cl3O4. The number of benzene rings is 2. The summed E-state index contributed by atoms with van der Waals surface area (Å²) < 4.78 is 16.3. The van der Waals surface area contributed by atoms with Crippen LogP contribution >= 0.6 is 34.8 Å². The third-order valence-electron chi connectivity index (χ3n) is 4.58. The minimum absolute atomic E-state index is 0.165. The van der Waals surface area contributed by atoms with Crippen molar-refractivity contribution in [1.82, 2.24) is 0 Å². The molecule has 2 rings (SSSR count). The summed E-state index contributed by atoms with van der Waals surface area (Å²) in [6.07, 6.45) is 1.14. The molecule has 0 spiro atoms. The zero-order valence-corrected chi connectivity index (χ0v) is 19.5. The topological polar surface area (TPSA) is 44.8 Å². The molecule has 0 aliphatic carbocycles. The number of carbonyl (C=O) groups excluding carboxylic acids is 1. The fourth-order valence-electron chi connectivity index (χ4n) is 2.87. The van der Waals surface area contributed by atoms with Gasteiger partial charge in [0.05, 0.1) is 22.5 Å². The number of esters is 1. The Morgan fingerprint density at radius 1 is 1.10 bits per heavy atom. The van der Waals surface area contributed by atoms with Gasteiger partial charge in [-0.3, -0.25) is 4.79 Å². The molecule has 0 saturated carbocycles. The molecule has 0 aromatic heterocycles. The lowest BCUT2D eigenvalue weighted by Crippen LogP contribution is -2.25. The summed E-state index contributed by atoms with van der Waals surface area (Å²) >= 11 is 18.6. The molecule has 0 aliphatic rings. The molecule has 7 heteroatoms. The van der Waals surface area contributed by atoms with Crippen LogP contribution in [0.3, 0.4) is 0 Å². The van der Waals surface area contributed by atoms with Gasteiger partial charge in [0.25, 0.3) is 0 Å². The summed E-state index contributed by atoms with van der Waals surface area (Å²) in [5.74, 6) is 0.877. The maximum atomic E-state index is 11.1. The highest BCUT2D eigenvalue weighted by Gasteiger charge is 2.25. The second kappa shape index (κ2) is 11.1. The maximum absolute atomic E-state index is 11.1. The Bertz CT molecular complexity index is 827. The van der Waals surface area contributed by atoms with Gasteiger partial charge in [-0.1, -0.05) is 49.2 Å². The molecule has 30 heavy (non-hydrogen) atoms. The van der Waals surface area contributed by atoms with Gasteiger partial charge in [-0.15, -0.1) is 11.6 Å². The molecule has 162 valence electrons. The number of ether oxygens (including phenoxy) is 3. The smallest absolute Gasteiger partial charge is 0.303 e. The molecule has 2 aromatic carbocycles. The van der Waals surface area contributed by atoms with Crippen LogP contribution in [0.4, 0.5) is 0 Å². The normalized spacial score (nSPS) is 12.4. The van der Waals surface area contributed by atoms with Crippen LogP contribution in [0.15, 0.2) is 36.4 Å². The Morgan fingerprint density at radius 3 is 2.20 bits per heavy atom. The molecule has 2 aromatic rings. The first-order valence-electron chi connectivity index (χ1n) is 9.38. The largest absolute Gasteiger partial charge is 0.490 e. The van der Waals surface area contributed by atoms with E-state index in [0.717, 1.165) is 11.1 Å². The Kier molecular flexibility index (Phi) is 9.14. The molecule has 0 heterocycles. The first kappa shape index (κ1) is 24.6. The molecule has 4 nitrogen and oxygen atoms in total. The van der Waals surface area contributed by atoms with Crippen LogP contribution in [-0.2, 0) is 14.9 Å². The number of alkyl halides is 1. The summed E-state index contributed by atoms with van der Waals surface area (Å²) in [4.78, 5) is 11.1. The van der Waals surface area contributed by atoms with E-state index in [1.165, 1.54) is 6.92 Å². The van der Waals surface area contributed by atoms with Crippen molar-refractivity contribution in [2.45, 2.75) is 32.3 Å². The van der Waals surface area contributed by atoms with Gasteiger partial charge in [0, 0.05) is 12.3 Å². The highest BCUT2D eigenvalue weighted by Crippen LogP contribution is 2.40. The number of hydrogen-bond donors (Lipinski definition) is 0. The van der Waals surface area contributed by atoms with Crippen LogP contribution in [0.1, 0.15) is 31.9 Å². The van der Waals surface area contributed by atoms with Crippen LogP contribution in [0.2, 0.25) is 10.0 Å². The van der Waals surface area contributed by atoms with E-state index >= 15 is 0 Å². The van der Waals surface area contributed by atoms with Crippen molar-refractivity contribution in [1.29, 1.82) is 0 Å². The quantitative estimate of drug-likeness (QED) is 0.302. The third-order valence-corrected chi connectivity index (χ3v) is 5.49. The van der Waals surface area contributed by atoms with Gasteiger partial charge in [-0.2, -0.15) is 0 Å². The van der Waals surface area contributed by atoms with Crippen molar-refractivity contribution in [3.05, 3.63) is 70.9 Å². The van der Waals surface area contributed by atoms with Crippen molar-refractivity contribution in [3.8, 4) is 11.5 Å². The van der Waals surface area contributed by atoms with Crippen molar-refractivity contribution >= 4 is 40.8 Å². The number of hydrogen-bond acceptors (Lipinski definition) is 4. The Labute approximate surface area is 193 Å². The van der Waals surface area contributed by atoms with Crippen LogP contribution in [0.5, 0.6) is 11.5 Å². The van der Waals surface area contributed by atoms with Crippen molar-refractivity contribution in [2.75, 3.05) is 19.1 Å². The predicted molar refractivity (Wildman–Crippen MR) is 122 cm³/mol. The lowest BCUT2D eigenvalue weighted by molar-refractivity contribution is -0.146. The summed E-state index contributed by atoms with van der Waals surface area (Å²) in [5.41, 5.74) is 1.64. The molecule has 0 N–H and O–H groups in total. The Hall–Kier alpha value is -1.62. The summed E-state index contributed by atoms with van der Waals surface area (Å²) in [5, 5.41) is 0.898. The average molecular weight is 472 g/mol. The minimum Gasteiger partial charge on any atom is -0.490 e. The molecule has 0 saturated heterocycles. The fourth-order valence-corrected chi connectivity index (χ4v) is 3.62. The van der Waals surface area contributed by atoms with Crippen molar-refractivity contribution < 1.29 is 19.0 Å². The van der Waals surface area contributed by atoms with Crippen molar-refractivity contribution in [3.63, 3.8) is 0 Å². The molecular weight excluding hydrogens is 447 g/mol. The molecule has 0 fully saturated rings. The molecule has 2 radical (unpaired) electrons. The molecule has 0 amide bonds.